The number of hydrogen-bond acceptors (Lipinski definition) is 4. The summed E-state index contributed by atoms with van der Waals surface area (Å²) < 4.78 is 5.50. The molecule has 0 heterocycles. The van der Waals surface area contributed by atoms with E-state index in [4.69, 9.17) is 4.74 Å². The molecule has 0 fully saturated rings. The molecule has 2 aromatic rings. The summed E-state index contributed by atoms with van der Waals surface area (Å²) in [4.78, 5) is 22.4. The first-order valence-electron chi connectivity index (χ1n) is 6.68. The second-order valence-corrected chi connectivity index (χ2v) is 4.94. The Kier molecular flexibility index (Phi) is 3.39. The Bertz CT molecular complexity index is 711. The lowest BCUT2D eigenvalue weighted by atomic mass is 10.1. The van der Waals surface area contributed by atoms with E-state index < -0.39 is 10.9 Å². The maximum absolute atomic E-state index is 12.1. The fourth-order valence-corrected chi connectivity index (χ4v) is 2.58. The van der Waals surface area contributed by atoms with Gasteiger partial charge < -0.3 is 4.74 Å². The van der Waals surface area contributed by atoms with Gasteiger partial charge in [-0.1, -0.05) is 30.3 Å². The van der Waals surface area contributed by atoms with Gasteiger partial charge in [-0.25, -0.2) is 4.79 Å². The highest BCUT2D eigenvalue weighted by molar-refractivity contribution is 5.90. The van der Waals surface area contributed by atoms with Crippen LogP contribution in [0.4, 0.5) is 5.69 Å². The van der Waals surface area contributed by atoms with Crippen molar-refractivity contribution in [3.63, 3.8) is 0 Å². The minimum atomic E-state index is -0.527. The standard InChI is InChI=1S/C16H13NO4/c18-16(12-5-3-6-13(10-12)17(19)20)21-15-9-8-11-4-1-2-7-14(11)15/h1-7,10,15H,8-9H2. The van der Waals surface area contributed by atoms with Gasteiger partial charge >= 0.3 is 5.97 Å². The van der Waals surface area contributed by atoms with Crippen LogP contribution in [0.1, 0.15) is 34.0 Å². The molecule has 1 unspecified atom stereocenters. The van der Waals surface area contributed by atoms with E-state index in [2.05, 4.69) is 0 Å². The maximum atomic E-state index is 12.1. The SMILES string of the molecule is O=C(OC1CCc2ccccc21)c1cccc([N+](=O)[O-])c1. The fourth-order valence-electron chi connectivity index (χ4n) is 2.58. The Balaban J connectivity index is 1.79. The van der Waals surface area contributed by atoms with Gasteiger partial charge in [0.05, 0.1) is 10.5 Å². The van der Waals surface area contributed by atoms with E-state index in [9.17, 15) is 14.9 Å². The quantitative estimate of drug-likeness (QED) is 0.491. The molecule has 1 aliphatic carbocycles. The molecular weight excluding hydrogens is 270 g/mol. The summed E-state index contributed by atoms with van der Waals surface area (Å²) in [5, 5.41) is 10.7. The summed E-state index contributed by atoms with van der Waals surface area (Å²) in [7, 11) is 0. The molecule has 1 atom stereocenters. The van der Waals surface area contributed by atoms with Gasteiger partial charge in [0.25, 0.3) is 5.69 Å². The van der Waals surface area contributed by atoms with E-state index in [1.807, 2.05) is 24.3 Å². The van der Waals surface area contributed by atoms with E-state index in [0.29, 0.717) is 0 Å². The number of nitrogens with zero attached hydrogens (tertiary/aromatic N) is 1. The van der Waals surface area contributed by atoms with E-state index in [-0.39, 0.29) is 17.4 Å². The Morgan fingerprint density at radius 2 is 2.00 bits per heavy atom. The maximum Gasteiger partial charge on any atom is 0.338 e. The van der Waals surface area contributed by atoms with Crippen LogP contribution in [0.5, 0.6) is 0 Å². The Labute approximate surface area is 121 Å². The van der Waals surface area contributed by atoms with Crippen LogP contribution in [0, 0.1) is 10.1 Å². The number of aryl methyl sites for hydroxylation is 1. The van der Waals surface area contributed by atoms with Crippen molar-refractivity contribution in [2.24, 2.45) is 0 Å². The number of nitro benzene ring substituents is 1. The molecule has 0 saturated heterocycles. The average molecular weight is 283 g/mol. The number of rotatable bonds is 3. The highest BCUT2D eigenvalue weighted by Gasteiger charge is 2.26. The first-order valence-corrected chi connectivity index (χ1v) is 6.68. The van der Waals surface area contributed by atoms with Gasteiger partial charge in [0, 0.05) is 12.1 Å². The normalized spacial score (nSPS) is 16.3. The number of fused-ring (bicyclic) bond motifs is 1. The van der Waals surface area contributed by atoms with E-state index in [1.54, 1.807) is 0 Å². The average Bonchev–Trinajstić information content (AvgIpc) is 2.91. The van der Waals surface area contributed by atoms with Crippen LogP contribution in [-0.4, -0.2) is 10.9 Å². The predicted molar refractivity (Wildman–Crippen MR) is 76.0 cm³/mol. The second kappa shape index (κ2) is 5.36. The first kappa shape index (κ1) is 13.3. The predicted octanol–water partition coefficient (Wildman–Crippen LogP) is 3.44. The molecule has 0 amide bonds. The zero-order valence-electron chi connectivity index (χ0n) is 11.2. The third-order valence-electron chi connectivity index (χ3n) is 3.62. The monoisotopic (exact) mass is 283 g/mol. The molecule has 1 aliphatic rings. The lowest BCUT2D eigenvalue weighted by molar-refractivity contribution is -0.384. The molecular formula is C16H13NO4. The smallest absolute Gasteiger partial charge is 0.338 e. The molecule has 0 N–H and O–H groups in total. The molecule has 2 aromatic carbocycles. The number of carbonyl (C=O) groups is 1. The molecule has 0 aliphatic heterocycles. The Morgan fingerprint density at radius 1 is 1.19 bits per heavy atom. The summed E-state index contributed by atoms with van der Waals surface area (Å²) in [6, 6.07) is 13.4. The van der Waals surface area contributed by atoms with Crippen LogP contribution >= 0.6 is 0 Å². The Morgan fingerprint density at radius 3 is 2.81 bits per heavy atom. The minimum absolute atomic E-state index is 0.115. The van der Waals surface area contributed by atoms with Gasteiger partial charge in [0.1, 0.15) is 6.10 Å². The van der Waals surface area contributed by atoms with Gasteiger partial charge in [0.2, 0.25) is 0 Å². The van der Waals surface area contributed by atoms with Crippen molar-refractivity contribution in [2.75, 3.05) is 0 Å². The molecule has 3 rings (SSSR count). The molecule has 0 radical (unpaired) electrons. The van der Waals surface area contributed by atoms with Crippen molar-refractivity contribution in [1.82, 2.24) is 0 Å². The number of benzene rings is 2. The molecule has 0 bridgehead atoms. The number of non-ortho nitro benzene ring substituents is 1. The number of carbonyl (C=O) groups excluding carboxylic acids is 1. The number of esters is 1. The van der Waals surface area contributed by atoms with Crippen LogP contribution in [-0.2, 0) is 11.2 Å². The van der Waals surface area contributed by atoms with Crippen molar-refractivity contribution in [3.8, 4) is 0 Å². The highest BCUT2D eigenvalue weighted by atomic mass is 16.6. The molecule has 0 spiro atoms. The number of nitro groups is 1. The summed E-state index contributed by atoms with van der Waals surface area (Å²) >= 11 is 0. The number of ether oxygens (including phenoxy) is 1. The van der Waals surface area contributed by atoms with Crippen molar-refractivity contribution in [1.29, 1.82) is 0 Å². The third kappa shape index (κ3) is 2.63. The molecule has 5 nitrogen and oxygen atoms in total. The number of hydrogen-bond donors (Lipinski definition) is 0. The molecule has 0 aromatic heterocycles. The summed E-state index contributed by atoms with van der Waals surface area (Å²) in [5.41, 5.74) is 2.30. The third-order valence-corrected chi connectivity index (χ3v) is 3.62. The zero-order chi connectivity index (χ0) is 14.8. The lowest BCUT2D eigenvalue weighted by Crippen LogP contribution is -2.09. The van der Waals surface area contributed by atoms with Gasteiger partial charge in [0.15, 0.2) is 0 Å². The first-order chi connectivity index (χ1) is 10.1. The zero-order valence-corrected chi connectivity index (χ0v) is 11.2. The summed E-state index contributed by atoms with van der Waals surface area (Å²) in [6.45, 7) is 0. The van der Waals surface area contributed by atoms with Crippen LogP contribution < -0.4 is 0 Å². The van der Waals surface area contributed by atoms with Crippen LogP contribution in [0.15, 0.2) is 48.5 Å². The molecule has 5 heteroatoms. The van der Waals surface area contributed by atoms with Crippen LogP contribution in [0.25, 0.3) is 0 Å². The largest absolute Gasteiger partial charge is 0.454 e. The molecule has 106 valence electrons. The van der Waals surface area contributed by atoms with Crippen molar-refractivity contribution < 1.29 is 14.5 Å². The summed E-state index contributed by atoms with van der Waals surface area (Å²) in [6.07, 6.45) is 1.36. The van der Waals surface area contributed by atoms with Crippen molar-refractivity contribution in [3.05, 3.63) is 75.3 Å². The van der Waals surface area contributed by atoms with E-state index in [0.717, 1.165) is 18.4 Å². The minimum Gasteiger partial charge on any atom is -0.454 e. The topological polar surface area (TPSA) is 69.4 Å². The van der Waals surface area contributed by atoms with Crippen LogP contribution in [0.2, 0.25) is 0 Å². The lowest BCUT2D eigenvalue weighted by Gasteiger charge is -2.13. The van der Waals surface area contributed by atoms with Crippen molar-refractivity contribution >= 4 is 11.7 Å². The van der Waals surface area contributed by atoms with Gasteiger partial charge in [-0.15, -0.1) is 0 Å². The van der Waals surface area contributed by atoms with E-state index in [1.165, 1.54) is 29.8 Å². The molecule has 21 heavy (non-hydrogen) atoms. The van der Waals surface area contributed by atoms with Crippen LogP contribution in [0.3, 0.4) is 0 Å². The Hall–Kier alpha value is -2.69. The van der Waals surface area contributed by atoms with Gasteiger partial charge in [-0.3, -0.25) is 10.1 Å². The second-order valence-electron chi connectivity index (χ2n) is 4.94. The van der Waals surface area contributed by atoms with Gasteiger partial charge in [-0.2, -0.15) is 0 Å². The highest BCUT2D eigenvalue weighted by Crippen LogP contribution is 2.34. The summed E-state index contributed by atoms with van der Waals surface area (Å²) in [5.74, 6) is -0.527. The fraction of sp³-hybridized carbons (Fsp3) is 0.188. The van der Waals surface area contributed by atoms with Crippen molar-refractivity contribution in [2.45, 2.75) is 18.9 Å². The molecule has 0 saturated carbocycles. The van der Waals surface area contributed by atoms with Gasteiger partial charge in [-0.05, 0) is 30.0 Å². The van der Waals surface area contributed by atoms with E-state index >= 15 is 0 Å².